The van der Waals surface area contributed by atoms with Gasteiger partial charge in [0, 0.05) is 6.21 Å². The minimum Gasteiger partial charge on any atom is -0.260 e. The van der Waals surface area contributed by atoms with Gasteiger partial charge in [-0.2, -0.15) is 0 Å². The molecule has 0 aliphatic heterocycles. The Labute approximate surface area is 77.5 Å². The van der Waals surface area contributed by atoms with Gasteiger partial charge in [0.2, 0.25) is 0 Å². The van der Waals surface area contributed by atoms with Crippen LogP contribution < -0.4 is 0 Å². The maximum Gasteiger partial charge on any atom is 0.0726 e. The summed E-state index contributed by atoms with van der Waals surface area (Å²) in [6.07, 6.45) is 4.10. The van der Waals surface area contributed by atoms with Gasteiger partial charge >= 0.3 is 0 Å². The molecular formula is C10H13NS. The number of unbranched alkanes of at least 4 members (excludes halogenated alkanes) is 1. The molecule has 1 aromatic rings. The molecule has 0 aromatic carbocycles. The average molecular weight is 179 g/mol. The van der Waals surface area contributed by atoms with Crippen LogP contribution >= 0.6 is 11.3 Å². The fraction of sp³-hybridized carbons (Fsp3) is 0.300. The molecule has 12 heavy (non-hydrogen) atoms. The average Bonchev–Trinajstić information content (AvgIpc) is 2.56. The Morgan fingerprint density at radius 1 is 1.75 bits per heavy atom. The molecule has 0 saturated carbocycles. The van der Waals surface area contributed by atoms with Gasteiger partial charge in [-0.25, -0.2) is 0 Å². The lowest BCUT2D eigenvalue weighted by Gasteiger charge is -1.92. The highest BCUT2D eigenvalue weighted by atomic mass is 32.1. The molecule has 1 aromatic heterocycles. The van der Waals surface area contributed by atoms with Gasteiger partial charge < -0.3 is 0 Å². The lowest BCUT2D eigenvalue weighted by molar-refractivity contribution is 1.01. The highest BCUT2D eigenvalue weighted by molar-refractivity contribution is 7.11. The molecule has 0 aliphatic rings. The van der Waals surface area contributed by atoms with Crippen LogP contribution in [0.1, 0.15) is 24.6 Å². The van der Waals surface area contributed by atoms with E-state index in [0.717, 1.165) is 23.4 Å². The fourth-order valence-corrected chi connectivity index (χ4v) is 1.46. The molecular weight excluding hydrogens is 166 g/mol. The molecule has 0 saturated heterocycles. The molecule has 0 radical (unpaired) electrons. The van der Waals surface area contributed by atoms with E-state index in [4.69, 9.17) is 0 Å². The second-order valence-electron chi connectivity index (χ2n) is 2.52. The van der Waals surface area contributed by atoms with Crippen LogP contribution in [0.4, 0.5) is 0 Å². The number of hydrogen-bond acceptors (Lipinski definition) is 2. The van der Waals surface area contributed by atoms with Crippen molar-refractivity contribution in [2.75, 3.05) is 0 Å². The summed E-state index contributed by atoms with van der Waals surface area (Å²) in [6, 6.07) is 4.05. The summed E-state index contributed by atoms with van der Waals surface area (Å²) < 4.78 is 0. The maximum atomic E-state index is 4.25. The Kier molecular flexibility index (Phi) is 3.74. The van der Waals surface area contributed by atoms with Gasteiger partial charge in [0.05, 0.1) is 10.6 Å². The molecule has 0 fully saturated rings. The van der Waals surface area contributed by atoms with E-state index in [1.165, 1.54) is 0 Å². The van der Waals surface area contributed by atoms with E-state index in [1.54, 1.807) is 11.3 Å². The van der Waals surface area contributed by atoms with Gasteiger partial charge in [-0.15, -0.1) is 11.3 Å². The van der Waals surface area contributed by atoms with Crippen LogP contribution in [0.5, 0.6) is 0 Å². The van der Waals surface area contributed by atoms with E-state index >= 15 is 0 Å². The third-order valence-corrected chi connectivity index (χ3v) is 2.39. The number of nitrogens with zero attached hydrogens (tertiary/aromatic N) is 1. The minimum absolute atomic E-state index is 0.874. The van der Waals surface area contributed by atoms with Crippen LogP contribution in [0, 0.1) is 0 Å². The lowest BCUT2D eigenvalue weighted by Crippen LogP contribution is -1.75. The van der Waals surface area contributed by atoms with Gasteiger partial charge in [0.1, 0.15) is 0 Å². The summed E-state index contributed by atoms with van der Waals surface area (Å²) >= 11 is 1.68. The number of rotatable bonds is 4. The summed E-state index contributed by atoms with van der Waals surface area (Å²) in [5.74, 6) is 0. The molecule has 1 rings (SSSR count). The first-order valence-electron chi connectivity index (χ1n) is 4.10. The van der Waals surface area contributed by atoms with Crippen LogP contribution in [-0.2, 0) is 0 Å². The number of aliphatic imine (C=N–C) groups is 1. The molecule has 0 aliphatic carbocycles. The zero-order valence-corrected chi connectivity index (χ0v) is 8.10. The molecule has 1 heterocycles. The predicted octanol–water partition coefficient (Wildman–Crippen LogP) is 3.59. The molecule has 1 nitrogen and oxygen atoms in total. The van der Waals surface area contributed by atoms with Gasteiger partial charge in [0.15, 0.2) is 0 Å². The molecule has 0 atom stereocenters. The Balaban J connectivity index is 2.50. The Morgan fingerprint density at radius 2 is 2.58 bits per heavy atom. The Bertz CT molecular complexity index is 259. The van der Waals surface area contributed by atoms with E-state index in [1.807, 2.05) is 23.7 Å². The first kappa shape index (κ1) is 9.20. The Hall–Kier alpha value is -0.890. The van der Waals surface area contributed by atoms with Crippen LogP contribution in [0.15, 0.2) is 29.1 Å². The lowest BCUT2D eigenvalue weighted by atomic mass is 10.3. The number of hydrogen-bond donors (Lipinski definition) is 0. The van der Waals surface area contributed by atoms with E-state index in [-0.39, 0.29) is 0 Å². The van der Waals surface area contributed by atoms with Crippen molar-refractivity contribution in [1.82, 2.24) is 0 Å². The van der Waals surface area contributed by atoms with E-state index in [9.17, 15) is 0 Å². The second-order valence-corrected chi connectivity index (χ2v) is 3.47. The van der Waals surface area contributed by atoms with Crippen molar-refractivity contribution in [3.63, 3.8) is 0 Å². The van der Waals surface area contributed by atoms with Crippen molar-refractivity contribution in [2.24, 2.45) is 4.99 Å². The van der Waals surface area contributed by atoms with E-state index in [0.29, 0.717) is 0 Å². The van der Waals surface area contributed by atoms with E-state index < -0.39 is 0 Å². The topological polar surface area (TPSA) is 12.4 Å². The first-order chi connectivity index (χ1) is 5.84. The number of thiophene rings is 1. The van der Waals surface area contributed by atoms with Crippen LogP contribution in [-0.4, -0.2) is 6.21 Å². The van der Waals surface area contributed by atoms with Crippen molar-refractivity contribution in [2.45, 2.75) is 19.8 Å². The van der Waals surface area contributed by atoms with Crippen LogP contribution in [0.2, 0.25) is 0 Å². The molecule has 0 N–H and O–H groups in total. The van der Waals surface area contributed by atoms with Crippen LogP contribution in [0.3, 0.4) is 0 Å². The summed E-state index contributed by atoms with van der Waals surface area (Å²) in [7, 11) is 0. The third-order valence-electron chi connectivity index (χ3n) is 1.47. The monoisotopic (exact) mass is 179 g/mol. The quantitative estimate of drug-likeness (QED) is 0.626. The van der Waals surface area contributed by atoms with Gasteiger partial charge in [-0.3, -0.25) is 4.99 Å². The molecule has 2 heteroatoms. The third kappa shape index (κ3) is 2.62. The van der Waals surface area contributed by atoms with Gasteiger partial charge in [-0.1, -0.05) is 26.0 Å². The summed E-state index contributed by atoms with van der Waals surface area (Å²) in [4.78, 5) is 5.40. The summed E-state index contributed by atoms with van der Waals surface area (Å²) in [5.41, 5.74) is 0.874. The normalized spacial score (nSPS) is 10.8. The van der Waals surface area contributed by atoms with Crippen molar-refractivity contribution < 1.29 is 0 Å². The summed E-state index contributed by atoms with van der Waals surface area (Å²) in [6.45, 7) is 6.02. The van der Waals surface area contributed by atoms with Crippen LogP contribution in [0.25, 0.3) is 5.70 Å². The molecule has 0 spiro atoms. The largest absolute Gasteiger partial charge is 0.260 e. The van der Waals surface area contributed by atoms with E-state index in [2.05, 4.69) is 18.5 Å². The van der Waals surface area contributed by atoms with Gasteiger partial charge in [-0.05, 0) is 17.9 Å². The minimum atomic E-state index is 0.874. The molecule has 0 bridgehead atoms. The van der Waals surface area contributed by atoms with Crippen molar-refractivity contribution in [1.29, 1.82) is 0 Å². The second kappa shape index (κ2) is 4.88. The molecule has 64 valence electrons. The van der Waals surface area contributed by atoms with Crippen molar-refractivity contribution >= 4 is 23.2 Å². The maximum absolute atomic E-state index is 4.25. The molecule has 0 amide bonds. The Morgan fingerprint density at radius 3 is 3.17 bits per heavy atom. The SMILES string of the molecule is C=C(/N=C\CCC)c1cccs1. The molecule has 0 unspecified atom stereocenters. The zero-order valence-electron chi connectivity index (χ0n) is 7.29. The standard InChI is InChI=1S/C10H13NS/c1-3-4-7-11-9(2)10-6-5-8-12-10/h5-8H,2-4H2,1H3/b11-7-. The first-order valence-corrected chi connectivity index (χ1v) is 4.98. The van der Waals surface area contributed by atoms with Crippen molar-refractivity contribution in [3.05, 3.63) is 29.0 Å². The smallest absolute Gasteiger partial charge is 0.0726 e. The highest BCUT2D eigenvalue weighted by Crippen LogP contribution is 2.18. The zero-order chi connectivity index (χ0) is 8.81. The van der Waals surface area contributed by atoms with Crippen molar-refractivity contribution in [3.8, 4) is 0 Å². The predicted molar refractivity (Wildman–Crippen MR) is 56.8 cm³/mol. The van der Waals surface area contributed by atoms with Gasteiger partial charge in [0.25, 0.3) is 0 Å². The summed E-state index contributed by atoms with van der Waals surface area (Å²) in [5, 5.41) is 2.04. The fourth-order valence-electron chi connectivity index (χ4n) is 0.810. The highest BCUT2D eigenvalue weighted by Gasteiger charge is 1.94.